The predicted octanol–water partition coefficient (Wildman–Crippen LogP) is 2.77. The Morgan fingerprint density at radius 3 is 2.62 bits per heavy atom. The second kappa shape index (κ2) is 5.17. The van der Waals surface area contributed by atoms with Crippen molar-refractivity contribution in [1.82, 2.24) is 5.06 Å². The van der Waals surface area contributed by atoms with Gasteiger partial charge >= 0.3 is 0 Å². The highest BCUT2D eigenvalue weighted by atomic mass is 79.9. The zero-order valence-corrected chi connectivity index (χ0v) is 11.0. The van der Waals surface area contributed by atoms with Gasteiger partial charge < -0.3 is 10.6 Å². The SMILES string of the molecule is CON1CCC(c2ccc(N)c(Br)c2)CC1. The first-order chi connectivity index (χ1) is 7.70. The molecule has 0 aromatic heterocycles. The molecule has 0 saturated carbocycles. The van der Waals surface area contributed by atoms with Crippen LogP contribution in [-0.4, -0.2) is 25.3 Å². The van der Waals surface area contributed by atoms with Crippen LogP contribution in [-0.2, 0) is 4.84 Å². The van der Waals surface area contributed by atoms with E-state index in [9.17, 15) is 0 Å². The summed E-state index contributed by atoms with van der Waals surface area (Å²) in [7, 11) is 1.74. The summed E-state index contributed by atoms with van der Waals surface area (Å²) in [5, 5.41) is 2.02. The fourth-order valence-electron chi connectivity index (χ4n) is 2.17. The van der Waals surface area contributed by atoms with Gasteiger partial charge in [0.25, 0.3) is 0 Å². The maximum absolute atomic E-state index is 5.79. The summed E-state index contributed by atoms with van der Waals surface area (Å²) in [5.41, 5.74) is 7.96. The molecule has 0 radical (unpaired) electrons. The number of anilines is 1. The summed E-state index contributed by atoms with van der Waals surface area (Å²) in [5.74, 6) is 0.628. The van der Waals surface area contributed by atoms with E-state index in [1.54, 1.807) is 7.11 Å². The number of piperidine rings is 1. The first-order valence-electron chi connectivity index (χ1n) is 5.54. The Labute approximate surface area is 105 Å². The van der Waals surface area contributed by atoms with Crippen LogP contribution in [0.2, 0.25) is 0 Å². The van der Waals surface area contributed by atoms with Crippen molar-refractivity contribution in [2.45, 2.75) is 18.8 Å². The molecule has 0 bridgehead atoms. The van der Waals surface area contributed by atoms with Gasteiger partial charge in [-0.3, -0.25) is 0 Å². The topological polar surface area (TPSA) is 38.5 Å². The van der Waals surface area contributed by atoms with Gasteiger partial charge in [-0.15, -0.1) is 0 Å². The van der Waals surface area contributed by atoms with Crippen molar-refractivity contribution < 1.29 is 4.84 Å². The molecule has 1 aliphatic heterocycles. The average molecular weight is 285 g/mol. The third-order valence-corrected chi connectivity index (χ3v) is 3.89. The van der Waals surface area contributed by atoms with Crippen LogP contribution in [0.1, 0.15) is 24.3 Å². The molecule has 0 atom stereocenters. The molecule has 0 spiro atoms. The summed E-state index contributed by atoms with van der Waals surface area (Å²) in [4.78, 5) is 5.22. The molecule has 0 unspecified atom stereocenters. The Balaban J connectivity index is 2.05. The summed E-state index contributed by atoms with van der Waals surface area (Å²) >= 11 is 3.48. The van der Waals surface area contributed by atoms with Crippen LogP contribution in [0.15, 0.2) is 22.7 Å². The van der Waals surface area contributed by atoms with Crippen LogP contribution in [0.4, 0.5) is 5.69 Å². The molecule has 16 heavy (non-hydrogen) atoms. The predicted molar refractivity (Wildman–Crippen MR) is 69.1 cm³/mol. The van der Waals surface area contributed by atoms with Gasteiger partial charge in [0.1, 0.15) is 0 Å². The minimum Gasteiger partial charge on any atom is -0.398 e. The molecule has 2 rings (SSSR count). The fourth-order valence-corrected chi connectivity index (χ4v) is 2.57. The number of halogens is 1. The smallest absolute Gasteiger partial charge is 0.0575 e. The molecule has 3 nitrogen and oxygen atoms in total. The Bertz CT molecular complexity index is 362. The molecule has 1 fully saturated rings. The van der Waals surface area contributed by atoms with Crippen LogP contribution in [0.25, 0.3) is 0 Å². The van der Waals surface area contributed by atoms with Crippen molar-refractivity contribution in [3.05, 3.63) is 28.2 Å². The minimum atomic E-state index is 0.628. The monoisotopic (exact) mass is 284 g/mol. The lowest BCUT2D eigenvalue weighted by molar-refractivity contribution is -0.143. The highest BCUT2D eigenvalue weighted by Crippen LogP contribution is 2.31. The molecule has 1 aromatic carbocycles. The number of hydrogen-bond acceptors (Lipinski definition) is 3. The van der Waals surface area contributed by atoms with Gasteiger partial charge in [0.2, 0.25) is 0 Å². The number of hydroxylamine groups is 2. The number of rotatable bonds is 2. The Hall–Kier alpha value is -0.580. The fraction of sp³-hybridized carbons (Fsp3) is 0.500. The maximum atomic E-state index is 5.79. The summed E-state index contributed by atoms with van der Waals surface area (Å²) in [6.07, 6.45) is 2.29. The van der Waals surface area contributed by atoms with Gasteiger partial charge in [-0.1, -0.05) is 6.07 Å². The van der Waals surface area contributed by atoms with Crippen molar-refractivity contribution >= 4 is 21.6 Å². The molecule has 0 aliphatic carbocycles. The highest BCUT2D eigenvalue weighted by Gasteiger charge is 2.20. The quantitative estimate of drug-likeness (QED) is 0.849. The van der Waals surface area contributed by atoms with Crippen molar-refractivity contribution in [2.24, 2.45) is 0 Å². The van der Waals surface area contributed by atoms with Gasteiger partial charge in [0, 0.05) is 23.2 Å². The molecule has 1 aromatic rings. The first kappa shape index (κ1) is 11.9. The summed E-state index contributed by atoms with van der Waals surface area (Å²) in [6.45, 7) is 2.01. The molecule has 1 saturated heterocycles. The lowest BCUT2D eigenvalue weighted by Gasteiger charge is -2.30. The third-order valence-electron chi connectivity index (χ3n) is 3.21. The molecule has 0 amide bonds. The van der Waals surface area contributed by atoms with Crippen molar-refractivity contribution in [3.8, 4) is 0 Å². The molecule has 1 aliphatic rings. The van der Waals surface area contributed by atoms with Crippen molar-refractivity contribution in [1.29, 1.82) is 0 Å². The number of nitrogens with zero attached hydrogens (tertiary/aromatic N) is 1. The average Bonchev–Trinajstić information content (AvgIpc) is 2.33. The Kier molecular flexibility index (Phi) is 3.84. The number of nitrogen functional groups attached to an aromatic ring is 1. The van der Waals surface area contributed by atoms with Crippen LogP contribution in [0.5, 0.6) is 0 Å². The largest absolute Gasteiger partial charge is 0.398 e. The van der Waals surface area contributed by atoms with E-state index in [4.69, 9.17) is 10.6 Å². The molecule has 88 valence electrons. The second-order valence-corrected chi connectivity index (χ2v) is 5.02. The summed E-state index contributed by atoms with van der Waals surface area (Å²) in [6, 6.07) is 6.25. The van der Waals surface area contributed by atoms with E-state index in [-0.39, 0.29) is 0 Å². The molecular weight excluding hydrogens is 268 g/mol. The first-order valence-corrected chi connectivity index (χ1v) is 6.34. The zero-order chi connectivity index (χ0) is 11.5. The van der Waals surface area contributed by atoms with Crippen LogP contribution >= 0.6 is 15.9 Å². The van der Waals surface area contributed by atoms with Gasteiger partial charge in [0.05, 0.1) is 7.11 Å². The molecule has 4 heteroatoms. The van der Waals surface area contributed by atoms with E-state index in [0.29, 0.717) is 5.92 Å². The molecular formula is C12H17BrN2O. The lowest BCUT2D eigenvalue weighted by Crippen LogP contribution is -2.31. The van der Waals surface area contributed by atoms with Gasteiger partial charge in [0.15, 0.2) is 0 Å². The number of hydrogen-bond donors (Lipinski definition) is 1. The van der Waals surface area contributed by atoms with E-state index in [0.717, 1.165) is 36.1 Å². The van der Waals surface area contributed by atoms with Gasteiger partial charge in [-0.2, -0.15) is 5.06 Å². The standard InChI is InChI=1S/C12H17BrN2O/c1-16-15-6-4-9(5-7-15)10-2-3-12(14)11(13)8-10/h2-3,8-9H,4-7,14H2,1H3. The number of nitrogens with two attached hydrogens (primary N) is 1. The van der Waals surface area contributed by atoms with Crippen LogP contribution in [0.3, 0.4) is 0 Å². The molecule has 1 heterocycles. The lowest BCUT2D eigenvalue weighted by atomic mass is 9.90. The van der Waals surface area contributed by atoms with E-state index in [1.165, 1.54) is 5.56 Å². The van der Waals surface area contributed by atoms with E-state index in [1.807, 2.05) is 11.1 Å². The second-order valence-electron chi connectivity index (χ2n) is 4.17. The van der Waals surface area contributed by atoms with E-state index in [2.05, 4.69) is 28.1 Å². The van der Waals surface area contributed by atoms with E-state index < -0.39 is 0 Å². The normalized spacial score (nSPS) is 18.9. The summed E-state index contributed by atoms with van der Waals surface area (Å²) < 4.78 is 0.999. The van der Waals surface area contributed by atoms with Gasteiger partial charge in [-0.05, 0) is 52.4 Å². The highest BCUT2D eigenvalue weighted by molar-refractivity contribution is 9.10. The Morgan fingerprint density at radius 1 is 1.38 bits per heavy atom. The van der Waals surface area contributed by atoms with Crippen molar-refractivity contribution in [3.63, 3.8) is 0 Å². The minimum absolute atomic E-state index is 0.628. The van der Waals surface area contributed by atoms with Crippen LogP contribution in [0, 0.1) is 0 Å². The molecule has 2 N–H and O–H groups in total. The zero-order valence-electron chi connectivity index (χ0n) is 9.45. The number of benzene rings is 1. The van der Waals surface area contributed by atoms with Crippen molar-refractivity contribution in [2.75, 3.05) is 25.9 Å². The maximum Gasteiger partial charge on any atom is 0.0575 e. The van der Waals surface area contributed by atoms with E-state index >= 15 is 0 Å². The van der Waals surface area contributed by atoms with Gasteiger partial charge in [-0.25, -0.2) is 0 Å². The third kappa shape index (κ3) is 2.56. The van der Waals surface area contributed by atoms with Crippen LogP contribution < -0.4 is 5.73 Å². The Morgan fingerprint density at radius 2 is 2.06 bits per heavy atom.